The van der Waals surface area contributed by atoms with Crippen LogP contribution in [0, 0.1) is 5.82 Å². The highest BCUT2D eigenvalue weighted by Gasteiger charge is 2.45. The second kappa shape index (κ2) is 9.28. The van der Waals surface area contributed by atoms with E-state index < -0.39 is 23.5 Å². The van der Waals surface area contributed by atoms with Crippen molar-refractivity contribution < 1.29 is 28.6 Å². The highest BCUT2D eigenvalue weighted by Crippen LogP contribution is 2.40. The van der Waals surface area contributed by atoms with Crippen LogP contribution in [0.1, 0.15) is 23.6 Å². The van der Waals surface area contributed by atoms with Crippen LogP contribution in [-0.2, 0) is 14.3 Å². The van der Waals surface area contributed by atoms with Gasteiger partial charge in [-0.1, -0.05) is 23.7 Å². The van der Waals surface area contributed by atoms with Gasteiger partial charge in [0.05, 0.1) is 23.7 Å². The molecule has 2 aromatic carbocycles. The van der Waals surface area contributed by atoms with E-state index in [1.165, 1.54) is 42.3 Å². The molecule has 1 aliphatic heterocycles. The van der Waals surface area contributed by atoms with Crippen molar-refractivity contribution in [3.05, 3.63) is 70.0 Å². The lowest BCUT2D eigenvalue weighted by Gasteiger charge is -2.25. The number of halogens is 2. The number of likely N-dealkylation sites (tertiary alicyclic amines) is 1. The topological polar surface area (TPSA) is 76.1 Å². The first kappa shape index (κ1) is 21.8. The van der Waals surface area contributed by atoms with Crippen molar-refractivity contribution >= 4 is 29.1 Å². The number of benzene rings is 2. The first-order chi connectivity index (χ1) is 14.4. The number of nitrogens with zero attached hydrogens (tertiary/aromatic N) is 1. The Kier molecular flexibility index (Phi) is 6.74. The number of rotatable bonds is 7. The van der Waals surface area contributed by atoms with Gasteiger partial charge in [-0.2, -0.15) is 0 Å². The van der Waals surface area contributed by atoms with Crippen LogP contribution in [0.5, 0.6) is 5.75 Å². The molecule has 1 aliphatic rings. The Balaban J connectivity index is 2.12. The van der Waals surface area contributed by atoms with E-state index in [9.17, 15) is 19.1 Å². The summed E-state index contributed by atoms with van der Waals surface area (Å²) >= 11 is 6.15. The summed E-state index contributed by atoms with van der Waals surface area (Å²) in [5.41, 5.74) is 0.697. The molecular weight excluding hydrogens is 413 g/mol. The molecule has 1 amide bonds. The molecule has 0 saturated carbocycles. The van der Waals surface area contributed by atoms with Gasteiger partial charge >= 0.3 is 0 Å². The highest BCUT2D eigenvalue weighted by atomic mass is 35.5. The van der Waals surface area contributed by atoms with Crippen molar-refractivity contribution in [1.82, 2.24) is 4.90 Å². The average molecular weight is 434 g/mol. The molecule has 0 aromatic heterocycles. The molecule has 1 atom stereocenters. The Bertz CT molecular complexity index is 990. The van der Waals surface area contributed by atoms with Crippen molar-refractivity contribution in [2.45, 2.75) is 12.5 Å². The summed E-state index contributed by atoms with van der Waals surface area (Å²) in [6, 6.07) is 9.16. The van der Waals surface area contributed by atoms with E-state index in [2.05, 4.69) is 0 Å². The number of amides is 1. The number of Topliss-reactive ketones (excluding diaryl/α,β-unsaturated/α-hetero) is 1. The van der Waals surface area contributed by atoms with E-state index >= 15 is 0 Å². The van der Waals surface area contributed by atoms with Crippen molar-refractivity contribution in [2.24, 2.45) is 0 Å². The van der Waals surface area contributed by atoms with Gasteiger partial charge in [-0.25, -0.2) is 4.39 Å². The average Bonchev–Trinajstić information content (AvgIpc) is 2.99. The molecule has 3 rings (SSSR count). The fraction of sp³-hybridized carbons (Fsp3) is 0.273. The fourth-order valence-electron chi connectivity index (χ4n) is 3.45. The van der Waals surface area contributed by atoms with Crippen molar-refractivity contribution in [1.29, 1.82) is 0 Å². The number of methoxy groups -OCH3 is 2. The van der Waals surface area contributed by atoms with Crippen LogP contribution in [0.3, 0.4) is 0 Å². The summed E-state index contributed by atoms with van der Waals surface area (Å²) in [7, 11) is 3.00. The van der Waals surface area contributed by atoms with Gasteiger partial charge in [0.1, 0.15) is 17.3 Å². The zero-order valence-corrected chi connectivity index (χ0v) is 17.3. The summed E-state index contributed by atoms with van der Waals surface area (Å²) in [6.07, 6.45) is 0.496. The summed E-state index contributed by atoms with van der Waals surface area (Å²) < 4.78 is 23.6. The smallest absolute Gasteiger partial charge is 0.295 e. The van der Waals surface area contributed by atoms with Crippen molar-refractivity contribution in [3.8, 4) is 5.75 Å². The van der Waals surface area contributed by atoms with E-state index in [1.807, 2.05) is 0 Å². The largest absolute Gasteiger partial charge is 0.507 e. The Morgan fingerprint density at radius 1 is 1.17 bits per heavy atom. The first-order valence-electron chi connectivity index (χ1n) is 9.25. The SMILES string of the molecule is COCCCN1C(=O)C(=O)/C(=C(\O)c2ccc(OC)c(Cl)c2)C1c1ccc(F)cc1. The van der Waals surface area contributed by atoms with E-state index in [-0.39, 0.29) is 28.5 Å². The Hall–Kier alpha value is -2.90. The molecule has 158 valence electrons. The third kappa shape index (κ3) is 4.17. The highest BCUT2D eigenvalue weighted by molar-refractivity contribution is 6.46. The molecule has 1 fully saturated rings. The predicted molar refractivity (Wildman–Crippen MR) is 110 cm³/mol. The molecule has 0 spiro atoms. The van der Waals surface area contributed by atoms with Crippen LogP contribution in [0.25, 0.3) is 5.76 Å². The minimum absolute atomic E-state index is 0.0785. The second-order valence-electron chi connectivity index (χ2n) is 6.74. The summed E-state index contributed by atoms with van der Waals surface area (Å²) in [6.45, 7) is 0.633. The number of carbonyl (C=O) groups excluding carboxylic acids is 2. The molecule has 6 nitrogen and oxygen atoms in total. The molecule has 1 saturated heterocycles. The number of hydrogen-bond donors (Lipinski definition) is 1. The van der Waals surface area contributed by atoms with Gasteiger partial charge in [-0.15, -0.1) is 0 Å². The molecule has 1 N–H and O–H groups in total. The molecular formula is C22H21ClFNO5. The Morgan fingerprint density at radius 3 is 2.47 bits per heavy atom. The number of aliphatic hydroxyl groups excluding tert-OH is 1. The molecule has 8 heteroatoms. The van der Waals surface area contributed by atoms with Gasteiger partial charge in [0.25, 0.3) is 11.7 Å². The summed E-state index contributed by atoms with van der Waals surface area (Å²) in [5, 5.41) is 11.2. The lowest BCUT2D eigenvalue weighted by atomic mass is 9.95. The van der Waals surface area contributed by atoms with Crippen LogP contribution in [-0.4, -0.2) is 49.1 Å². The molecule has 30 heavy (non-hydrogen) atoms. The van der Waals surface area contributed by atoms with E-state index in [4.69, 9.17) is 21.1 Å². The third-order valence-corrected chi connectivity index (χ3v) is 5.19. The first-order valence-corrected chi connectivity index (χ1v) is 9.63. The van der Waals surface area contributed by atoms with Gasteiger partial charge in [-0.05, 0) is 42.3 Å². The van der Waals surface area contributed by atoms with Crippen LogP contribution >= 0.6 is 11.6 Å². The maximum absolute atomic E-state index is 13.5. The molecule has 2 aromatic rings. The Morgan fingerprint density at radius 2 is 1.87 bits per heavy atom. The zero-order valence-electron chi connectivity index (χ0n) is 16.5. The van der Waals surface area contributed by atoms with Crippen LogP contribution < -0.4 is 4.74 Å². The normalized spacial score (nSPS) is 18.1. The summed E-state index contributed by atoms with van der Waals surface area (Å²) in [5.74, 6) is -1.95. The molecule has 1 unspecified atom stereocenters. The Labute approximate surface area is 178 Å². The van der Waals surface area contributed by atoms with E-state index in [0.717, 1.165) is 0 Å². The van der Waals surface area contributed by atoms with Gasteiger partial charge < -0.3 is 19.5 Å². The predicted octanol–water partition coefficient (Wildman–Crippen LogP) is 3.95. The van der Waals surface area contributed by atoms with Crippen molar-refractivity contribution in [3.63, 3.8) is 0 Å². The number of carbonyl (C=O) groups is 2. The van der Waals surface area contributed by atoms with Crippen LogP contribution in [0.2, 0.25) is 5.02 Å². The molecule has 0 bridgehead atoms. The number of ketones is 1. The number of hydrogen-bond acceptors (Lipinski definition) is 5. The molecule has 0 aliphatic carbocycles. The lowest BCUT2D eigenvalue weighted by Crippen LogP contribution is -2.31. The second-order valence-corrected chi connectivity index (χ2v) is 7.15. The maximum Gasteiger partial charge on any atom is 0.295 e. The minimum atomic E-state index is -0.858. The monoisotopic (exact) mass is 433 g/mol. The lowest BCUT2D eigenvalue weighted by molar-refractivity contribution is -0.140. The van der Waals surface area contributed by atoms with E-state index in [1.54, 1.807) is 19.2 Å². The quantitative estimate of drug-likeness (QED) is 0.310. The third-order valence-electron chi connectivity index (χ3n) is 4.90. The van der Waals surface area contributed by atoms with Gasteiger partial charge in [0.2, 0.25) is 0 Å². The van der Waals surface area contributed by atoms with Crippen molar-refractivity contribution in [2.75, 3.05) is 27.4 Å². The van der Waals surface area contributed by atoms with Gasteiger partial charge in [0, 0.05) is 25.8 Å². The molecule has 1 heterocycles. The van der Waals surface area contributed by atoms with Gasteiger partial charge in [-0.3, -0.25) is 9.59 Å². The van der Waals surface area contributed by atoms with Crippen LogP contribution in [0.15, 0.2) is 48.0 Å². The molecule has 0 radical (unpaired) electrons. The number of ether oxygens (including phenoxy) is 2. The van der Waals surface area contributed by atoms with Gasteiger partial charge in [0.15, 0.2) is 0 Å². The maximum atomic E-state index is 13.5. The standard InChI is InChI=1S/C22H21ClFNO5/c1-29-11-3-10-25-19(13-4-7-15(24)8-5-13)18(21(27)22(25)28)20(26)14-6-9-17(30-2)16(23)12-14/h4-9,12,19,26H,3,10-11H2,1-2H3/b20-18-. The minimum Gasteiger partial charge on any atom is -0.507 e. The number of aliphatic hydroxyl groups is 1. The summed E-state index contributed by atoms with van der Waals surface area (Å²) in [4.78, 5) is 27.0. The van der Waals surface area contributed by atoms with Crippen LogP contribution in [0.4, 0.5) is 4.39 Å². The van der Waals surface area contributed by atoms with E-state index in [0.29, 0.717) is 24.3 Å². The fourth-order valence-corrected chi connectivity index (χ4v) is 3.71. The zero-order chi connectivity index (χ0) is 21.8.